The maximum atomic E-state index is 4.43. The lowest BCUT2D eigenvalue weighted by molar-refractivity contribution is 0.640. The van der Waals surface area contributed by atoms with Gasteiger partial charge in [0.25, 0.3) is 0 Å². The van der Waals surface area contributed by atoms with Crippen LogP contribution in [0.5, 0.6) is 0 Å². The van der Waals surface area contributed by atoms with E-state index in [9.17, 15) is 0 Å². The third kappa shape index (κ3) is 5.60. The van der Waals surface area contributed by atoms with Crippen molar-refractivity contribution < 1.29 is 0 Å². The molecule has 0 aliphatic carbocycles. The van der Waals surface area contributed by atoms with E-state index in [1.807, 2.05) is 31.3 Å². The molecule has 0 radical (unpaired) electrons. The molecule has 3 aromatic rings. The molecule has 1 aromatic carbocycles. The van der Waals surface area contributed by atoms with Crippen LogP contribution in [0, 0.1) is 0 Å². The molecule has 2 N–H and O–H groups in total. The van der Waals surface area contributed by atoms with Crippen LogP contribution in [-0.2, 0) is 13.1 Å². The third-order valence-electron chi connectivity index (χ3n) is 4.51. The zero-order valence-electron chi connectivity index (χ0n) is 16.7. The average Bonchev–Trinajstić information content (AvgIpc) is 3.11. The molecular formula is C21H29IN6. The highest BCUT2D eigenvalue weighted by molar-refractivity contribution is 14.0. The van der Waals surface area contributed by atoms with Crippen LogP contribution in [0.2, 0.25) is 0 Å². The van der Waals surface area contributed by atoms with Gasteiger partial charge in [0.2, 0.25) is 0 Å². The molecule has 0 unspecified atom stereocenters. The lowest BCUT2D eigenvalue weighted by atomic mass is 10.2. The number of benzene rings is 1. The number of rotatable bonds is 7. The molecule has 0 spiro atoms. The molecule has 6 nitrogen and oxygen atoms in total. The van der Waals surface area contributed by atoms with Crippen LogP contribution in [-0.4, -0.2) is 43.2 Å². The van der Waals surface area contributed by atoms with Crippen LogP contribution in [0.25, 0.3) is 10.9 Å². The summed E-state index contributed by atoms with van der Waals surface area (Å²) in [4.78, 5) is 10.8. The molecule has 2 heterocycles. The highest BCUT2D eigenvalue weighted by atomic mass is 127. The fraction of sp³-hybridized carbons (Fsp3) is 0.333. The molecular weight excluding hydrogens is 463 g/mol. The van der Waals surface area contributed by atoms with Crippen molar-refractivity contribution in [2.45, 2.75) is 19.5 Å². The van der Waals surface area contributed by atoms with Gasteiger partial charge in [-0.3, -0.25) is 4.99 Å². The van der Waals surface area contributed by atoms with Gasteiger partial charge in [0.05, 0.1) is 0 Å². The first-order chi connectivity index (χ1) is 13.2. The molecule has 0 atom stereocenters. The lowest BCUT2D eigenvalue weighted by Gasteiger charge is -2.17. The van der Waals surface area contributed by atoms with Crippen LogP contribution < -0.4 is 15.5 Å². The van der Waals surface area contributed by atoms with E-state index in [4.69, 9.17) is 0 Å². The first kappa shape index (κ1) is 22.0. The summed E-state index contributed by atoms with van der Waals surface area (Å²) in [6.45, 7) is 2.52. The number of fused-ring (bicyclic) bond motifs is 1. The molecule has 0 aliphatic rings. The van der Waals surface area contributed by atoms with Crippen molar-refractivity contribution in [3.05, 3.63) is 60.4 Å². The monoisotopic (exact) mass is 492 g/mol. The quantitative estimate of drug-likeness (QED) is 0.230. The van der Waals surface area contributed by atoms with Gasteiger partial charge in [-0.1, -0.05) is 24.3 Å². The van der Waals surface area contributed by atoms with E-state index in [1.165, 1.54) is 10.9 Å². The Morgan fingerprint density at radius 3 is 2.71 bits per heavy atom. The highest BCUT2D eigenvalue weighted by Gasteiger charge is 2.06. The van der Waals surface area contributed by atoms with Gasteiger partial charge in [-0.15, -0.1) is 24.0 Å². The van der Waals surface area contributed by atoms with Crippen molar-refractivity contribution >= 4 is 46.7 Å². The van der Waals surface area contributed by atoms with E-state index in [0.29, 0.717) is 6.54 Å². The van der Waals surface area contributed by atoms with Crippen molar-refractivity contribution in [1.29, 1.82) is 0 Å². The fourth-order valence-electron chi connectivity index (χ4n) is 3.16. The number of para-hydroxylation sites is 1. The maximum Gasteiger partial charge on any atom is 0.191 e. The summed E-state index contributed by atoms with van der Waals surface area (Å²) in [6, 6.07) is 14.7. The summed E-state index contributed by atoms with van der Waals surface area (Å²) in [5, 5.41) is 8.05. The maximum absolute atomic E-state index is 4.43. The van der Waals surface area contributed by atoms with Gasteiger partial charge in [-0.05, 0) is 30.0 Å². The molecule has 7 heteroatoms. The first-order valence-electron chi connectivity index (χ1n) is 9.28. The number of guanidine groups is 1. The minimum Gasteiger partial charge on any atom is -0.362 e. The third-order valence-corrected chi connectivity index (χ3v) is 4.51. The summed E-state index contributed by atoms with van der Waals surface area (Å²) in [6.07, 6.45) is 5.00. The number of pyridine rings is 1. The Balaban J connectivity index is 0.00000280. The van der Waals surface area contributed by atoms with Gasteiger partial charge in [0, 0.05) is 64.3 Å². The second-order valence-corrected chi connectivity index (χ2v) is 6.65. The van der Waals surface area contributed by atoms with E-state index in [-0.39, 0.29) is 24.0 Å². The fourth-order valence-corrected chi connectivity index (χ4v) is 3.16. The average molecular weight is 492 g/mol. The molecule has 150 valence electrons. The topological polar surface area (TPSA) is 57.5 Å². The van der Waals surface area contributed by atoms with E-state index in [2.05, 4.69) is 67.8 Å². The zero-order chi connectivity index (χ0) is 19.1. The van der Waals surface area contributed by atoms with Gasteiger partial charge in [-0.25, -0.2) is 4.98 Å². The second-order valence-electron chi connectivity index (χ2n) is 6.65. The number of halogens is 1. The smallest absolute Gasteiger partial charge is 0.191 e. The van der Waals surface area contributed by atoms with Gasteiger partial charge in [0.1, 0.15) is 5.82 Å². The molecule has 0 bridgehead atoms. The SMILES string of the molecule is CN=C(NCCCn1ccc2ccccc21)NCc1cccnc1N(C)C.I. The van der Waals surface area contributed by atoms with Gasteiger partial charge in [-0.2, -0.15) is 0 Å². The van der Waals surface area contributed by atoms with E-state index >= 15 is 0 Å². The number of hydrogen-bond donors (Lipinski definition) is 2. The Labute approximate surface area is 184 Å². The second kappa shape index (κ2) is 10.9. The predicted molar refractivity (Wildman–Crippen MR) is 129 cm³/mol. The summed E-state index contributed by atoms with van der Waals surface area (Å²) in [5.74, 6) is 1.78. The Kier molecular flexibility index (Phi) is 8.56. The van der Waals surface area contributed by atoms with E-state index in [1.54, 1.807) is 7.05 Å². The predicted octanol–water partition coefficient (Wildman–Crippen LogP) is 3.48. The Hall–Kier alpha value is -2.29. The number of aliphatic imine (C=N–C) groups is 1. The van der Waals surface area contributed by atoms with Crippen LogP contribution in [0.1, 0.15) is 12.0 Å². The van der Waals surface area contributed by atoms with Crippen LogP contribution in [0.3, 0.4) is 0 Å². The number of aryl methyl sites for hydroxylation is 1. The Morgan fingerprint density at radius 1 is 1.11 bits per heavy atom. The number of aromatic nitrogens is 2. The van der Waals surface area contributed by atoms with E-state index < -0.39 is 0 Å². The Bertz CT molecular complexity index is 903. The minimum absolute atomic E-state index is 0. The standard InChI is InChI=1S/C21H28N6.HI/c1-22-21(25-16-18-9-6-12-23-20(18)26(2)3)24-13-7-14-27-15-11-17-8-4-5-10-19(17)27;/h4-6,8-12,15H,7,13-14,16H2,1-3H3,(H2,22,24,25);1H. The van der Waals surface area contributed by atoms with Crippen molar-refractivity contribution in [2.24, 2.45) is 4.99 Å². The molecule has 0 saturated carbocycles. The molecule has 3 rings (SSSR count). The van der Waals surface area contributed by atoms with Crippen LogP contribution in [0.4, 0.5) is 5.82 Å². The van der Waals surface area contributed by atoms with Crippen LogP contribution in [0.15, 0.2) is 59.9 Å². The summed E-state index contributed by atoms with van der Waals surface area (Å²) >= 11 is 0. The molecule has 0 saturated heterocycles. The molecule has 0 amide bonds. The van der Waals surface area contributed by atoms with E-state index in [0.717, 1.165) is 36.9 Å². The van der Waals surface area contributed by atoms with Crippen molar-refractivity contribution in [3.8, 4) is 0 Å². The number of nitrogens with zero attached hydrogens (tertiary/aromatic N) is 4. The van der Waals surface area contributed by atoms with Gasteiger partial charge in [0.15, 0.2) is 5.96 Å². The van der Waals surface area contributed by atoms with Crippen LogP contribution >= 0.6 is 24.0 Å². The first-order valence-corrected chi connectivity index (χ1v) is 9.28. The van der Waals surface area contributed by atoms with Crippen molar-refractivity contribution in [1.82, 2.24) is 20.2 Å². The molecule has 2 aromatic heterocycles. The van der Waals surface area contributed by atoms with Crippen molar-refractivity contribution in [2.75, 3.05) is 32.6 Å². The summed E-state index contributed by atoms with van der Waals surface area (Å²) in [7, 11) is 5.80. The minimum atomic E-state index is 0. The van der Waals surface area contributed by atoms with Gasteiger partial charge < -0.3 is 20.1 Å². The molecule has 28 heavy (non-hydrogen) atoms. The number of anilines is 1. The Morgan fingerprint density at radius 2 is 1.93 bits per heavy atom. The molecule has 0 aliphatic heterocycles. The van der Waals surface area contributed by atoms with Gasteiger partial charge >= 0.3 is 0 Å². The number of hydrogen-bond acceptors (Lipinski definition) is 3. The lowest BCUT2D eigenvalue weighted by Crippen LogP contribution is -2.37. The number of nitrogens with one attached hydrogen (secondary N) is 2. The summed E-state index contributed by atoms with van der Waals surface area (Å²) in [5.41, 5.74) is 2.43. The molecule has 0 fully saturated rings. The van der Waals surface area contributed by atoms with Crippen molar-refractivity contribution in [3.63, 3.8) is 0 Å². The largest absolute Gasteiger partial charge is 0.362 e. The summed E-state index contributed by atoms with van der Waals surface area (Å²) < 4.78 is 2.30. The zero-order valence-corrected chi connectivity index (χ0v) is 19.1. The normalized spacial score (nSPS) is 11.2. The highest BCUT2D eigenvalue weighted by Crippen LogP contribution is 2.15.